The predicted molar refractivity (Wildman–Crippen MR) is 98.8 cm³/mol. The van der Waals surface area contributed by atoms with Gasteiger partial charge in [-0.15, -0.1) is 0 Å². The van der Waals surface area contributed by atoms with Crippen LogP contribution in [0.2, 0.25) is 5.02 Å². The summed E-state index contributed by atoms with van der Waals surface area (Å²) in [5.41, 5.74) is 2.19. The molecule has 2 aliphatic rings. The first-order chi connectivity index (χ1) is 12.1. The highest BCUT2D eigenvalue weighted by Gasteiger charge is 2.33. The molecule has 4 rings (SSSR count). The standard InChI is InChI=1S/C19H23ClN4O/c1-23-18(11-17(22-23)14-3-2-4-14)21-19(25)24(16-9-10-16)12-13-5-7-15(20)8-6-13/h5-8,11,14,16H,2-4,9-10,12H2,1H3,(H,21,25). The SMILES string of the molecule is Cn1nc(C2CCC2)cc1NC(=O)N(Cc1ccc(Cl)cc1)C1CC1. The van der Waals surface area contributed by atoms with Gasteiger partial charge in [0, 0.05) is 36.6 Å². The Balaban J connectivity index is 1.46. The third-order valence-electron chi connectivity index (χ3n) is 5.17. The van der Waals surface area contributed by atoms with Crippen molar-refractivity contribution < 1.29 is 4.79 Å². The van der Waals surface area contributed by atoms with Gasteiger partial charge in [0.1, 0.15) is 5.82 Å². The number of hydrogen-bond donors (Lipinski definition) is 1. The average molecular weight is 359 g/mol. The van der Waals surface area contributed by atoms with Gasteiger partial charge in [0.15, 0.2) is 0 Å². The minimum atomic E-state index is -0.0550. The van der Waals surface area contributed by atoms with E-state index in [2.05, 4.69) is 10.4 Å². The van der Waals surface area contributed by atoms with Gasteiger partial charge in [-0.05, 0) is 43.4 Å². The maximum absolute atomic E-state index is 12.8. The molecule has 0 radical (unpaired) electrons. The Morgan fingerprint density at radius 3 is 2.60 bits per heavy atom. The number of carbonyl (C=O) groups is 1. The molecule has 1 heterocycles. The first kappa shape index (κ1) is 16.5. The Kier molecular flexibility index (Phi) is 4.42. The molecule has 1 N–H and O–H groups in total. The summed E-state index contributed by atoms with van der Waals surface area (Å²) < 4.78 is 1.78. The topological polar surface area (TPSA) is 50.2 Å². The van der Waals surface area contributed by atoms with Crippen LogP contribution in [0, 0.1) is 0 Å². The van der Waals surface area contributed by atoms with Gasteiger partial charge < -0.3 is 4.90 Å². The number of halogens is 1. The smallest absolute Gasteiger partial charge is 0.317 e. The molecule has 5 nitrogen and oxygen atoms in total. The fourth-order valence-electron chi connectivity index (χ4n) is 3.23. The van der Waals surface area contributed by atoms with Crippen molar-refractivity contribution in [1.29, 1.82) is 0 Å². The zero-order valence-electron chi connectivity index (χ0n) is 14.4. The molecule has 0 spiro atoms. The van der Waals surface area contributed by atoms with Crippen LogP contribution in [0.5, 0.6) is 0 Å². The van der Waals surface area contributed by atoms with Crippen molar-refractivity contribution in [2.45, 2.75) is 50.6 Å². The highest BCUT2D eigenvalue weighted by Crippen LogP contribution is 2.36. The lowest BCUT2D eigenvalue weighted by atomic mass is 9.83. The van der Waals surface area contributed by atoms with E-state index in [1.54, 1.807) is 4.68 Å². The molecule has 0 aliphatic heterocycles. The van der Waals surface area contributed by atoms with Crippen LogP contribution in [0.15, 0.2) is 30.3 Å². The van der Waals surface area contributed by atoms with Crippen LogP contribution < -0.4 is 5.32 Å². The summed E-state index contributed by atoms with van der Waals surface area (Å²) in [4.78, 5) is 14.7. The number of urea groups is 1. The molecule has 0 atom stereocenters. The van der Waals surface area contributed by atoms with Crippen molar-refractivity contribution in [2.24, 2.45) is 7.05 Å². The molecule has 1 aromatic heterocycles. The third-order valence-corrected chi connectivity index (χ3v) is 5.42. The van der Waals surface area contributed by atoms with Crippen molar-refractivity contribution in [2.75, 3.05) is 5.32 Å². The van der Waals surface area contributed by atoms with E-state index in [0.717, 1.165) is 29.9 Å². The molecule has 2 aromatic rings. The van der Waals surface area contributed by atoms with Crippen LogP contribution in [0.1, 0.15) is 49.3 Å². The molecule has 2 aliphatic carbocycles. The lowest BCUT2D eigenvalue weighted by Gasteiger charge is -2.23. The fraction of sp³-hybridized carbons (Fsp3) is 0.474. The van der Waals surface area contributed by atoms with Crippen LogP contribution in [0.4, 0.5) is 10.6 Å². The number of nitrogens with one attached hydrogen (secondary N) is 1. The summed E-state index contributed by atoms with van der Waals surface area (Å²) in [6, 6.07) is 9.98. The molecule has 132 valence electrons. The number of aromatic nitrogens is 2. The van der Waals surface area contributed by atoms with Crippen molar-refractivity contribution in [1.82, 2.24) is 14.7 Å². The van der Waals surface area contributed by atoms with Crippen molar-refractivity contribution in [3.63, 3.8) is 0 Å². The first-order valence-corrected chi connectivity index (χ1v) is 9.34. The summed E-state index contributed by atoms with van der Waals surface area (Å²) in [5.74, 6) is 1.33. The predicted octanol–water partition coefficient (Wildman–Crippen LogP) is 4.54. The van der Waals surface area contributed by atoms with Gasteiger partial charge in [-0.3, -0.25) is 10.00 Å². The van der Waals surface area contributed by atoms with Crippen LogP contribution in [0.25, 0.3) is 0 Å². The molecule has 2 amide bonds. The Labute approximate surface area is 153 Å². The van der Waals surface area contributed by atoms with E-state index in [0.29, 0.717) is 23.5 Å². The van der Waals surface area contributed by atoms with E-state index in [9.17, 15) is 4.79 Å². The summed E-state index contributed by atoms with van der Waals surface area (Å²) in [6.07, 6.45) is 5.82. The zero-order chi connectivity index (χ0) is 17.4. The van der Waals surface area contributed by atoms with Crippen LogP contribution in [0.3, 0.4) is 0 Å². The van der Waals surface area contributed by atoms with Crippen molar-refractivity contribution in [3.05, 3.63) is 46.6 Å². The maximum Gasteiger partial charge on any atom is 0.323 e. The monoisotopic (exact) mass is 358 g/mol. The first-order valence-electron chi connectivity index (χ1n) is 8.96. The summed E-state index contributed by atoms with van der Waals surface area (Å²) in [5, 5.41) is 8.33. The number of rotatable bonds is 5. The number of hydrogen-bond acceptors (Lipinski definition) is 2. The van der Waals surface area contributed by atoms with Gasteiger partial charge >= 0.3 is 6.03 Å². The Bertz CT molecular complexity index is 762. The molecular weight excluding hydrogens is 336 g/mol. The fourth-order valence-corrected chi connectivity index (χ4v) is 3.36. The molecular formula is C19H23ClN4O. The summed E-state index contributed by atoms with van der Waals surface area (Å²) in [6.45, 7) is 0.598. The number of nitrogens with zero attached hydrogens (tertiary/aromatic N) is 3. The third kappa shape index (κ3) is 3.66. The van der Waals surface area contributed by atoms with Gasteiger partial charge in [-0.25, -0.2) is 4.79 Å². The van der Waals surface area contributed by atoms with Crippen LogP contribution in [-0.4, -0.2) is 26.8 Å². The number of benzene rings is 1. The molecule has 2 fully saturated rings. The number of amides is 2. The van der Waals surface area contributed by atoms with E-state index in [1.165, 1.54) is 19.3 Å². The Morgan fingerprint density at radius 2 is 2.00 bits per heavy atom. The second-order valence-electron chi connectivity index (χ2n) is 7.12. The van der Waals surface area contributed by atoms with Crippen molar-refractivity contribution in [3.8, 4) is 0 Å². The summed E-state index contributed by atoms with van der Waals surface area (Å²) >= 11 is 5.95. The Morgan fingerprint density at radius 1 is 1.28 bits per heavy atom. The molecule has 2 saturated carbocycles. The van der Waals surface area contributed by atoms with E-state index in [-0.39, 0.29) is 6.03 Å². The Hall–Kier alpha value is -2.01. The molecule has 0 unspecified atom stereocenters. The lowest BCUT2D eigenvalue weighted by molar-refractivity contribution is 0.206. The molecule has 0 saturated heterocycles. The maximum atomic E-state index is 12.8. The molecule has 6 heteroatoms. The van der Waals surface area contributed by atoms with Gasteiger partial charge in [0.25, 0.3) is 0 Å². The molecule has 1 aromatic carbocycles. The largest absolute Gasteiger partial charge is 0.323 e. The second kappa shape index (κ2) is 6.71. The van der Waals surface area contributed by atoms with Gasteiger partial charge in [0.2, 0.25) is 0 Å². The van der Waals surface area contributed by atoms with Gasteiger partial charge in [0.05, 0.1) is 5.69 Å². The zero-order valence-corrected chi connectivity index (χ0v) is 15.2. The quantitative estimate of drug-likeness (QED) is 0.853. The van der Waals surface area contributed by atoms with E-state index >= 15 is 0 Å². The number of aryl methyl sites for hydroxylation is 1. The molecule has 0 bridgehead atoms. The van der Waals surface area contributed by atoms with Crippen LogP contribution >= 0.6 is 11.6 Å². The highest BCUT2D eigenvalue weighted by molar-refractivity contribution is 6.30. The highest BCUT2D eigenvalue weighted by atomic mass is 35.5. The normalized spacial score (nSPS) is 17.2. The van der Waals surface area contributed by atoms with Gasteiger partial charge in [-0.2, -0.15) is 5.10 Å². The van der Waals surface area contributed by atoms with Crippen molar-refractivity contribution >= 4 is 23.4 Å². The van der Waals surface area contributed by atoms with Gasteiger partial charge in [-0.1, -0.05) is 30.2 Å². The minimum Gasteiger partial charge on any atom is -0.317 e. The van der Waals surface area contributed by atoms with E-state index < -0.39 is 0 Å². The van der Waals surface area contributed by atoms with E-state index in [4.69, 9.17) is 11.6 Å². The molecule has 25 heavy (non-hydrogen) atoms. The minimum absolute atomic E-state index is 0.0550. The number of carbonyl (C=O) groups excluding carboxylic acids is 1. The van der Waals surface area contributed by atoms with E-state index in [1.807, 2.05) is 42.3 Å². The average Bonchev–Trinajstić information content (AvgIpc) is 3.31. The summed E-state index contributed by atoms with van der Waals surface area (Å²) in [7, 11) is 1.89. The van der Waals surface area contributed by atoms with Crippen LogP contribution in [-0.2, 0) is 13.6 Å². The number of anilines is 1. The second-order valence-corrected chi connectivity index (χ2v) is 7.56. The lowest BCUT2D eigenvalue weighted by Crippen LogP contribution is -2.36.